The second-order valence-corrected chi connectivity index (χ2v) is 21.3. The van der Waals surface area contributed by atoms with Gasteiger partial charge in [-0.05, 0) is 190 Å². The molecule has 0 bridgehead atoms. The van der Waals surface area contributed by atoms with E-state index in [9.17, 15) is 0 Å². The van der Waals surface area contributed by atoms with Crippen LogP contribution < -0.4 is 19.6 Å². The molecular formula is C79H58F6N4. The van der Waals surface area contributed by atoms with Gasteiger partial charge >= 0.3 is 12.4 Å². The molecule has 0 aliphatic heterocycles. The molecule has 0 amide bonds. The van der Waals surface area contributed by atoms with Crippen molar-refractivity contribution in [2.24, 2.45) is 0 Å². The molecular weight excluding hydrogens is 1120 g/mol. The Hall–Kier alpha value is -11.1. The van der Waals surface area contributed by atoms with Crippen LogP contribution in [0.25, 0.3) is 34.4 Å². The van der Waals surface area contributed by atoms with Gasteiger partial charge in [-0.2, -0.15) is 26.3 Å². The monoisotopic (exact) mass is 1180 g/mol. The van der Waals surface area contributed by atoms with Gasteiger partial charge in [-0.3, -0.25) is 0 Å². The molecule has 89 heavy (non-hydrogen) atoms. The molecule has 4 nitrogen and oxygen atoms in total. The summed E-state index contributed by atoms with van der Waals surface area (Å²) in [6.45, 7) is 7.75. The topological polar surface area (TPSA) is 13.0 Å². The van der Waals surface area contributed by atoms with Crippen molar-refractivity contribution < 1.29 is 26.3 Å². The lowest BCUT2D eigenvalue weighted by molar-refractivity contribution is -0.288. The number of nitrogens with zero attached hydrogens (tertiary/aromatic N) is 4. The predicted molar refractivity (Wildman–Crippen MR) is 356 cm³/mol. The highest BCUT2D eigenvalue weighted by Gasteiger charge is 2.72. The Labute approximate surface area is 514 Å². The lowest BCUT2D eigenvalue weighted by Crippen LogP contribution is -2.54. The van der Waals surface area contributed by atoms with Crippen LogP contribution in [0.5, 0.6) is 0 Å². The van der Waals surface area contributed by atoms with Crippen molar-refractivity contribution in [2.45, 2.75) is 17.8 Å². The predicted octanol–water partition coefficient (Wildman–Crippen LogP) is 23.6. The normalized spacial score (nSPS) is 11.6. The van der Waals surface area contributed by atoms with Gasteiger partial charge in [0.1, 0.15) is 0 Å². The summed E-state index contributed by atoms with van der Waals surface area (Å²) in [6, 6.07) is 95.7. The average Bonchev–Trinajstić information content (AvgIpc) is 0.798. The van der Waals surface area contributed by atoms with E-state index >= 15 is 26.3 Å². The number of hydrogen-bond donors (Lipinski definition) is 0. The molecule has 0 heterocycles. The van der Waals surface area contributed by atoms with Crippen LogP contribution in [0.1, 0.15) is 22.3 Å². The van der Waals surface area contributed by atoms with Crippen molar-refractivity contribution in [1.29, 1.82) is 0 Å². The van der Waals surface area contributed by atoms with E-state index in [1.54, 1.807) is 22.0 Å². The van der Waals surface area contributed by atoms with Crippen LogP contribution >= 0.6 is 0 Å². The van der Waals surface area contributed by atoms with Crippen molar-refractivity contribution in [1.82, 2.24) is 0 Å². The zero-order valence-electron chi connectivity index (χ0n) is 48.1. The molecule has 0 aromatic heterocycles. The van der Waals surface area contributed by atoms with E-state index in [4.69, 9.17) is 0 Å². The third kappa shape index (κ3) is 11.8. The minimum atomic E-state index is -5.83. The Kier molecular flexibility index (Phi) is 16.4. The molecule has 0 radical (unpaired) electrons. The first kappa shape index (κ1) is 58.3. The lowest BCUT2D eigenvalue weighted by Gasteiger charge is -2.39. The molecule has 0 aliphatic carbocycles. The first-order valence-corrected chi connectivity index (χ1v) is 28.9. The van der Waals surface area contributed by atoms with Crippen LogP contribution in [0.4, 0.5) is 94.6 Å². The summed E-state index contributed by atoms with van der Waals surface area (Å²) >= 11 is 0. The highest BCUT2D eigenvalue weighted by molar-refractivity contribution is 5.84. The van der Waals surface area contributed by atoms with Gasteiger partial charge in [0.25, 0.3) is 0 Å². The van der Waals surface area contributed by atoms with E-state index in [0.29, 0.717) is 34.1 Å². The van der Waals surface area contributed by atoms with Crippen LogP contribution in [-0.4, -0.2) is 12.4 Å². The Morgan fingerprint density at radius 3 is 0.562 bits per heavy atom. The maximum atomic E-state index is 16.0. The number of halogens is 6. The second-order valence-electron chi connectivity index (χ2n) is 21.3. The van der Waals surface area contributed by atoms with Gasteiger partial charge in [0.05, 0.1) is 0 Å². The molecule has 436 valence electrons. The van der Waals surface area contributed by atoms with Crippen LogP contribution in [0.15, 0.2) is 329 Å². The van der Waals surface area contributed by atoms with E-state index < -0.39 is 28.9 Å². The summed E-state index contributed by atoms with van der Waals surface area (Å²) in [5.74, 6) is 0. The van der Waals surface area contributed by atoms with Gasteiger partial charge in [0.15, 0.2) is 0 Å². The van der Waals surface area contributed by atoms with E-state index in [2.05, 4.69) is 95.8 Å². The summed E-state index contributed by atoms with van der Waals surface area (Å²) in [7, 11) is 0. The summed E-state index contributed by atoms with van der Waals surface area (Å²) in [5.41, 5.74) is 8.05. The van der Waals surface area contributed by atoms with E-state index in [1.165, 1.54) is 24.3 Å². The van der Waals surface area contributed by atoms with Crippen molar-refractivity contribution in [2.75, 3.05) is 19.6 Å². The SMILES string of the molecule is C=Cc1ccc(N(c2ccc(-c3ccc(N(c4ccccc4)c4ccccc4)cc3)cc2)c2ccc(C(c3ccc(N(c4ccc(C=C)cc4)c4ccc(-c5ccc(N(c6ccccc6)c6ccccc6)cc5)cc4)cc3)(C(F)(F)F)C(F)(F)F)cc2)cc1. The van der Waals surface area contributed by atoms with E-state index in [0.717, 1.165) is 91.8 Å². The number of anilines is 12. The van der Waals surface area contributed by atoms with E-state index in [1.807, 2.05) is 194 Å². The highest BCUT2D eigenvalue weighted by atomic mass is 19.4. The Balaban J connectivity index is 0.854. The molecule has 12 aromatic rings. The van der Waals surface area contributed by atoms with Crippen molar-refractivity contribution in [3.63, 3.8) is 0 Å². The molecule has 0 spiro atoms. The third-order valence-electron chi connectivity index (χ3n) is 16.0. The fraction of sp³-hybridized carbons (Fsp3) is 0.0380. The Bertz CT molecular complexity index is 3930. The third-order valence-corrected chi connectivity index (χ3v) is 16.0. The minimum absolute atomic E-state index is 0.339. The molecule has 0 atom stereocenters. The number of hydrogen-bond acceptors (Lipinski definition) is 4. The standard InChI is InChI=1S/C79H58F6N4/c1-3-57-25-41-69(42-26-57)88(73-49-33-61(34-50-73)59-29-45-71(46-30-59)86(65-17-9-5-10-18-65)66-19-11-6-12-20-66)75-53-37-63(38-54-75)77(78(80,81)82,79(83,84)85)64-39-55-76(56-40-64)89(70-43-27-58(4-2)28-44-70)74-51-35-62(36-52-74)60-31-47-72(48-32-60)87(67-21-13-7-14-22-67)68-23-15-8-16-24-68/h3-56H,1-2H2. The molecule has 0 N–H and O–H groups in total. The maximum Gasteiger partial charge on any atom is 0.411 e. The van der Waals surface area contributed by atoms with Crippen LogP contribution in [0.3, 0.4) is 0 Å². The molecule has 0 saturated heterocycles. The minimum Gasteiger partial charge on any atom is -0.311 e. The zero-order valence-corrected chi connectivity index (χ0v) is 48.1. The lowest BCUT2D eigenvalue weighted by atomic mass is 9.72. The molecule has 0 saturated carbocycles. The number of para-hydroxylation sites is 4. The Morgan fingerprint density at radius 2 is 0.382 bits per heavy atom. The first-order valence-electron chi connectivity index (χ1n) is 28.9. The van der Waals surface area contributed by atoms with Crippen LogP contribution in [0.2, 0.25) is 0 Å². The van der Waals surface area contributed by atoms with Gasteiger partial charge in [-0.15, -0.1) is 0 Å². The largest absolute Gasteiger partial charge is 0.411 e. The highest BCUT2D eigenvalue weighted by Crippen LogP contribution is 2.57. The average molecular weight is 1180 g/mol. The number of alkyl halides is 6. The van der Waals surface area contributed by atoms with Gasteiger partial charge in [-0.25, -0.2) is 0 Å². The summed E-state index contributed by atoms with van der Waals surface area (Å²) in [6.07, 6.45) is -8.30. The van der Waals surface area contributed by atoms with Crippen molar-refractivity contribution in [3.8, 4) is 22.3 Å². The molecule has 12 aromatic carbocycles. The summed E-state index contributed by atoms with van der Waals surface area (Å²) in [5, 5.41) is 0. The molecule has 0 unspecified atom stereocenters. The van der Waals surface area contributed by atoms with Gasteiger partial charge in [0, 0.05) is 68.2 Å². The van der Waals surface area contributed by atoms with Gasteiger partial charge in [0.2, 0.25) is 5.41 Å². The van der Waals surface area contributed by atoms with Gasteiger partial charge in [-0.1, -0.05) is 195 Å². The van der Waals surface area contributed by atoms with E-state index in [-0.39, 0.29) is 0 Å². The second kappa shape index (κ2) is 25.1. The smallest absolute Gasteiger partial charge is 0.311 e. The molecule has 12 rings (SSSR count). The number of rotatable bonds is 18. The van der Waals surface area contributed by atoms with Gasteiger partial charge < -0.3 is 19.6 Å². The maximum absolute atomic E-state index is 16.0. The fourth-order valence-corrected chi connectivity index (χ4v) is 11.5. The molecule has 10 heteroatoms. The Morgan fingerprint density at radius 1 is 0.213 bits per heavy atom. The quantitative estimate of drug-likeness (QED) is 0.0794. The first-order chi connectivity index (χ1) is 43.3. The van der Waals surface area contributed by atoms with Crippen molar-refractivity contribution >= 4 is 80.4 Å². The summed E-state index contributed by atoms with van der Waals surface area (Å²) in [4.78, 5) is 7.93. The molecule has 0 aliphatic rings. The van der Waals surface area contributed by atoms with Crippen molar-refractivity contribution in [3.05, 3.63) is 351 Å². The summed E-state index contributed by atoms with van der Waals surface area (Å²) < 4.78 is 96.0. The van der Waals surface area contributed by atoms with Crippen LogP contribution in [0, 0.1) is 0 Å². The zero-order chi connectivity index (χ0) is 61.5. The molecule has 0 fully saturated rings. The van der Waals surface area contributed by atoms with Crippen LogP contribution in [-0.2, 0) is 5.41 Å². The fourth-order valence-electron chi connectivity index (χ4n) is 11.5. The number of benzene rings is 12.